The van der Waals surface area contributed by atoms with E-state index < -0.39 is 5.41 Å². The van der Waals surface area contributed by atoms with Crippen LogP contribution >= 0.6 is 0 Å². The highest BCUT2D eigenvalue weighted by atomic mass is 16.5. The van der Waals surface area contributed by atoms with E-state index in [0.29, 0.717) is 38.6 Å². The lowest BCUT2D eigenvalue weighted by Gasteiger charge is -2.42. The number of likely N-dealkylation sites (N-methyl/N-ethyl adjacent to an activating group) is 1. The van der Waals surface area contributed by atoms with E-state index in [9.17, 15) is 4.79 Å². The highest BCUT2D eigenvalue weighted by Gasteiger charge is 2.47. The van der Waals surface area contributed by atoms with Gasteiger partial charge in [-0.1, -0.05) is 5.16 Å². The monoisotopic (exact) mass is 298 g/mol. The van der Waals surface area contributed by atoms with Crippen molar-refractivity contribution in [1.29, 1.82) is 0 Å². The van der Waals surface area contributed by atoms with E-state index in [-0.39, 0.29) is 11.7 Å². The van der Waals surface area contributed by atoms with Gasteiger partial charge in [0.2, 0.25) is 5.91 Å². The van der Waals surface area contributed by atoms with Gasteiger partial charge in [-0.3, -0.25) is 4.79 Å². The fraction of sp³-hybridized carbons (Fsp3) is 0.857. The molecule has 0 saturated carbocycles. The molecule has 1 unspecified atom stereocenters. The second-order valence-corrected chi connectivity index (χ2v) is 6.19. The third-order valence-corrected chi connectivity index (χ3v) is 4.77. The molecule has 120 valence electrons. The fourth-order valence-electron chi connectivity index (χ4n) is 3.26. The Labute approximate surface area is 125 Å². The van der Waals surface area contributed by atoms with Gasteiger partial charge >= 0.3 is 0 Å². The Kier molecular flexibility index (Phi) is 5.05. The highest BCUT2D eigenvalue weighted by molar-refractivity contribution is 6.06. The number of nitrogens with two attached hydrogens (primary N) is 1. The van der Waals surface area contributed by atoms with Crippen LogP contribution in [0.3, 0.4) is 0 Å². The van der Waals surface area contributed by atoms with Crippen molar-refractivity contribution in [3.8, 4) is 0 Å². The van der Waals surface area contributed by atoms with Gasteiger partial charge in [-0.15, -0.1) is 0 Å². The maximum atomic E-state index is 13.0. The van der Waals surface area contributed by atoms with Gasteiger partial charge in [0.15, 0.2) is 5.84 Å². The molecule has 7 nitrogen and oxygen atoms in total. The Morgan fingerprint density at radius 3 is 2.67 bits per heavy atom. The van der Waals surface area contributed by atoms with Gasteiger partial charge in [-0.25, -0.2) is 0 Å². The summed E-state index contributed by atoms with van der Waals surface area (Å²) in [5, 5.41) is 12.2. The largest absolute Gasteiger partial charge is 0.409 e. The maximum absolute atomic E-state index is 13.0. The lowest BCUT2D eigenvalue weighted by molar-refractivity contribution is -0.144. The van der Waals surface area contributed by atoms with E-state index in [1.807, 2.05) is 19.0 Å². The third kappa shape index (κ3) is 3.13. The predicted octanol–water partition coefficient (Wildman–Crippen LogP) is 0.0822. The standard InChI is InChI=1S/C14H26N4O3/c1-17(2)11-4-3-7-18(10-11)13(19)14(12(15)16-20)5-8-21-9-6-14/h11,20H,3-10H2,1-2H3,(H2,15,16). The van der Waals surface area contributed by atoms with Gasteiger partial charge in [-0.2, -0.15) is 0 Å². The van der Waals surface area contributed by atoms with E-state index in [4.69, 9.17) is 15.7 Å². The van der Waals surface area contributed by atoms with Crippen LogP contribution < -0.4 is 5.73 Å². The lowest BCUT2D eigenvalue weighted by atomic mass is 9.77. The SMILES string of the molecule is CN(C)C1CCCN(C(=O)C2(C(N)=NO)CCOCC2)C1. The van der Waals surface area contributed by atoms with Crippen molar-refractivity contribution >= 4 is 11.7 Å². The summed E-state index contributed by atoms with van der Waals surface area (Å²) < 4.78 is 5.35. The molecule has 0 spiro atoms. The van der Waals surface area contributed by atoms with Crippen LogP contribution in [0.25, 0.3) is 0 Å². The summed E-state index contributed by atoms with van der Waals surface area (Å²) in [7, 11) is 4.07. The van der Waals surface area contributed by atoms with Gasteiger partial charge in [0.05, 0.1) is 0 Å². The molecule has 1 atom stereocenters. The lowest BCUT2D eigenvalue weighted by Crippen LogP contribution is -2.57. The summed E-state index contributed by atoms with van der Waals surface area (Å²) in [4.78, 5) is 17.0. The molecule has 0 radical (unpaired) electrons. The summed E-state index contributed by atoms with van der Waals surface area (Å²) in [5.41, 5.74) is 4.97. The Morgan fingerprint density at radius 1 is 1.43 bits per heavy atom. The second-order valence-electron chi connectivity index (χ2n) is 6.19. The molecule has 2 aliphatic heterocycles. The molecule has 0 aromatic heterocycles. The number of carbonyl (C=O) groups is 1. The summed E-state index contributed by atoms with van der Waals surface area (Å²) in [6.07, 6.45) is 3.03. The van der Waals surface area contributed by atoms with E-state index in [2.05, 4.69) is 10.1 Å². The number of hydrogen-bond donors (Lipinski definition) is 2. The second kappa shape index (κ2) is 6.62. The van der Waals surface area contributed by atoms with Crippen LogP contribution in [-0.2, 0) is 9.53 Å². The average molecular weight is 298 g/mol. The number of amidine groups is 1. The number of amides is 1. The van der Waals surface area contributed by atoms with Gasteiger partial charge < -0.3 is 25.5 Å². The number of rotatable bonds is 3. The molecule has 2 rings (SSSR count). The van der Waals surface area contributed by atoms with Crippen molar-refractivity contribution in [2.45, 2.75) is 31.7 Å². The first-order valence-electron chi connectivity index (χ1n) is 7.53. The smallest absolute Gasteiger partial charge is 0.236 e. The highest BCUT2D eigenvalue weighted by Crippen LogP contribution is 2.34. The van der Waals surface area contributed by atoms with Crippen LogP contribution in [-0.4, -0.2) is 73.2 Å². The van der Waals surface area contributed by atoms with Crippen LogP contribution in [0.15, 0.2) is 5.16 Å². The summed E-state index contributed by atoms with van der Waals surface area (Å²) in [6, 6.07) is 0.367. The average Bonchev–Trinajstić information content (AvgIpc) is 2.54. The molecule has 0 aromatic carbocycles. The van der Waals surface area contributed by atoms with Crippen molar-refractivity contribution in [2.24, 2.45) is 16.3 Å². The van der Waals surface area contributed by atoms with E-state index in [1.165, 1.54) is 0 Å². The molecule has 0 aromatic rings. The first kappa shape index (κ1) is 16.0. The first-order chi connectivity index (χ1) is 10.0. The van der Waals surface area contributed by atoms with E-state index in [0.717, 1.165) is 19.4 Å². The van der Waals surface area contributed by atoms with Gasteiger partial charge in [-0.05, 0) is 39.8 Å². The first-order valence-corrected chi connectivity index (χ1v) is 7.53. The molecule has 0 aliphatic carbocycles. The topological polar surface area (TPSA) is 91.4 Å². The van der Waals surface area contributed by atoms with Crippen molar-refractivity contribution < 1.29 is 14.7 Å². The third-order valence-electron chi connectivity index (χ3n) is 4.77. The molecule has 3 N–H and O–H groups in total. The molecule has 2 fully saturated rings. The summed E-state index contributed by atoms with van der Waals surface area (Å²) in [5.74, 6) is -0.00423. The minimum Gasteiger partial charge on any atom is -0.409 e. The van der Waals surface area contributed by atoms with Crippen molar-refractivity contribution in [3.63, 3.8) is 0 Å². The molecule has 2 heterocycles. The number of ether oxygens (including phenoxy) is 1. The molecular formula is C14H26N4O3. The zero-order valence-electron chi connectivity index (χ0n) is 12.9. The van der Waals surface area contributed by atoms with E-state index >= 15 is 0 Å². The van der Waals surface area contributed by atoms with Crippen molar-refractivity contribution in [3.05, 3.63) is 0 Å². The molecule has 21 heavy (non-hydrogen) atoms. The number of likely N-dealkylation sites (tertiary alicyclic amines) is 1. The molecule has 1 amide bonds. The predicted molar refractivity (Wildman–Crippen MR) is 79.2 cm³/mol. The van der Waals surface area contributed by atoms with Crippen LogP contribution in [0.5, 0.6) is 0 Å². The number of hydrogen-bond acceptors (Lipinski definition) is 5. The molecule has 7 heteroatoms. The normalized spacial score (nSPS) is 26.9. The van der Waals surface area contributed by atoms with Crippen molar-refractivity contribution in [1.82, 2.24) is 9.80 Å². The Hall–Kier alpha value is -1.34. The molecule has 0 bridgehead atoms. The van der Waals surface area contributed by atoms with Crippen LogP contribution in [0, 0.1) is 5.41 Å². The Bertz CT molecular complexity index is 405. The maximum Gasteiger partial charge on any atom is 0.236 e. The summed E-state index contributed by atoms with van der Waals surface area (Å²) in [6.45, 7) is 2.37. The van der Waals surface area contributed by atoms with Gasteiger partial charge in [0.1, 0.15) is 5.41 Å². The molecule has 2 aliphatic rings. The number of nitrogens with zero attached hydrogens (tertiary/aromatic N) is 3. The van der Waals surface area contributed by atoms with Crippen LogP contribution in [0.4, 0.5) is 0 Å². The number of carbonyl (C=O) groups excluding carboxylic acids is 1. The van der Waals surface area contributed by atoms with Gasteiger partial charge in [0.25, 0.3) is 0 Å². The molecule has 2 saturated heterocycles. The Morgan fingerprint density at radius 2 is 2.10 bits per heavy atom. The van der Waals surface area contributed by atoms with Crippen LogP contribution in [0.1, 0.15) is 25.7 Å². The zero-order valence-corrected chi connectivity index (χ0v) is 12.9. The molecular weight excluding hydrogens is 272 g/mol. The van der Waals surface area contributed by atoms with Gasteiger partial charge in [0, 0.05) is 32.3 Å². The zero-order chi connectivity index (χ0) is 15.5. The fourth-order valence-corrected chi connectivity index (χ4v) is 3.26. The number of oxime groups is 1. The van der Waals surface area contributed by atoms with Crippen molar-refractivity contribution in [2.75, 3.05) is 40.4 Å². The Balaban J connectivity index is 2.18. The summed E-state index contributed by atoms with van der Waals surface area (Å²) >= 11 is 0. The minimum atomic E-state index is -0.902. The quantitative estimate of drug-likeness (QED) is 0.333. The van der Waals surface area contributed by atoms with E-state index in [1.54, 1.807) is 0 Å². The minimum absolute atomic E-state index is 0.0165. The number of piperidine rings is 1. The van der Waals surface area contributed by atoms with Crippen LogP contribution in [0.2, 0.25) is 0 Å².